The van der Waals surface area contributed by atoms with Crippen molar-refractivity contribution in [3.8, 4) is 17.2 Å². The quantitative estimate of drug-likeness (QED) is 0.647. The maximum Gasteiger partial charge on any atom is 0.341 e. The first kappa shape index (κ1) is 22.5. The minimum absolute atomic E-state index is 0.0735. The molecule has 7 heteroatoms. The van der Waals surface area contributed by atoms with Crippen molar-refractivity contribution in [2.45, 2.75) is 44.9 Å². The number of rotatable bonds is 6. The van der Waals surface area contributed by atoms with Gasteiger partial charge >= 0.3 is 5.97 Å². The SMILES string of the molecule is COC(=O)c1c(-c2ccc3c(c2)CCCC3)csc1NC(=O)C1CCCN(CCC#N)C1. The lowest BCUT2D eigenvalue weighted by atomic mass is 9.89. The van der Waals surface area contributed by atoms with Gasteiger partial charge in [-0.3, -0.25) is 4.79 Å². The second-order valence-electron chi connectivity index (χ2n) is 8.57. The lowest BCUT2D eigenvalue weighted by Gasteiger charge is -2.31. The molecule has 1 saturated heterocycles. The summed E-state index contributed by atoms with van der Waals surface area (Å²) in [7, 11) is 1.37. The summed E-state index contributed by atoms with van der Waals surface area (Å²) in [5.74, 6) is -0.661. The van der Waals surface area contributed by atoms with Crippen LogP contribution in [0.1, 0.15) is 53.6 Å². The number of carbonyl (C=O) groups is 2. The van der Waals surface area contributed by atoms with Crippen molar-refractivity contribution in [2.24, 2.45) is 5.92 Å². The summed E-state index contributed by atoms with van der Waals surface area (Å²) in [4.78, 5) is 27.9. The highest BCUT2D eigenvalue weighted by Crippen LogP contribution is 2.38. The molecule has 1 atom stereocenters. The second kappa shape index (κ2) is 10.3. The zero-order valence-corrected chi connectivity index (χ0v) is 19.3. The third kappa shape index (κ3) is 4.87. The van der Waals surface area contributed by atoms with Crippen molar-refractivity contribution < 1.29 is 14.3 Å². The zero-order chi connectivity index (χ0) is 22.5. The number of nitrogens with one attached hydrogen (secondary N) is 1. The Morgan fingerprint density at radius 1 is 1.25 bits per heavy atom. The van der Waals surface area contributed by atoms with Crippen molar-refractivity contribution in [3.63, 3.8) is 0 Å². The van der Waals surface area contributed by atoms with Gasteiger partial charge in [0, 0.05) is 30.5 Å². The molecule has 0 saturated carbocycles. The van der Waals surface area contributed by atoms with E-state index >= 15 is 0 Å². The average Bonchev–Trinajstić information content (AvgIpc) is 3.25. The van der Waals surface area contributed by atoms with Crippen LogP contribution in [0.2, 0.25) is 0 Å². The van der Waals surface area contributed by atoms with Crippen LogP contribution in [0.25, 0.3) is 11.1 Å². The van der Waals surface area contributed by atoms with E-state index in [-0.39, 0.29) is 11.8 Å². The van der Waals surface area contributed by atoms with Gasteiger partial charge in [0.1, 0.15) is 10.6 Å². The first-order valence-corrected chi connectivity index (χ1v) is 12.2. The monoisotopic (exact) mass is 451 g/mol. The molecular weight excluding hydrogens is 422 g/mol. The number of benzene rings is 1. The van der Waals surface area contributed by atoms with Crippen LogP contribution in [0.3, 0.4) is 0 Å². The Hall–Kier alpha value is -2.69. The van der Waals surface area contributed by atoms with E-state index in [0.717, 1.165) is 43.4 Å². The molecule has 2 aromatic rings. The molecule has 168 valence electrons. The van der Waals surface area contributed by atoms with Crippen LogP contribution in [-0.4, -0.2) is 43.5 Å². The number of fused-ring (bicyclic) bond motifs is 1. The summed E-state index contributed by atoms with van der Waals surface area (Å²) >= 11 is 1.37. The van der Waals surface area contributed by atoms with Gasteiger partial charge in [0.15, 0.2) is 0 Å². The molecule has 1 fully saturated rings. The highest BCUT2D eigenvalue weighted by molar-refractivity contribution is 7.15. The molecule has 2 heterocycles. The first-order chi connectivity index (χ1) is 15.6. The molecular formula is C25H29N3O3S. The van der Waals surface area contributed by atoms with Crippen LogP contribution in [0, 0.1) is 17.2 Å². The molecule has 1 aliphatic heterocycles. The molecule has 1 aromatic heterocycles. The van der Waals surface area contributed by atoms with Gasteiger partial charge in [-0.05, 0) is 61.8 Å². The smallest absolute Gasteiger partial charge is 0.341 e. The van der Waals surface area contributed by atoms with Gasteiger partial charge in [0.2, 0.25) is 5.91 Å². The van der Waals surface area contributed by atoms with E-state index in [1.165, 1.54) is 42.4 Å². The van der Waals surface area contributed by atoms with Gasteiger partial charge in [0.25, 0.3) is 0 Å². The highest BCUT2D eigenvalue weighted by atomic mass is 32.1. The Labute approximate surface area is 193 Å². The summed E-state index contributed by atoms with van der Waals surface area (Å²) in [6, 6.07) is 8.59. The Bertz CT molecular complexity index is 1040. The van der Waals surface area contributed by atoms with Crippen LogP contribution >= 0.6 is 11.3 Å². The van der Waals surface area contributed by atoms with E-state index in [9.17, 15) is 9.59 Å². The molecule has 1 N–H and O–H groups in total. The lowest BCUT2D eigenvalue weighted by molar-refractivity contribution is -0.121. The number of esters is 1. The molecule has 0 radical (unpaired) electrons. The fourth-order valence-electron chi connectivity index (χ4n) is 4.76. The van der Waals surface area contributed by atoms with E-state index in [1.54, 1.807) is 0 Å². The normalized spacial score (nSPS) is 18.4. The number of thiophene rings is 1. The van der Waals surface area contributed by atoms with Crippen molar-refractivity contribution in [3.05, 3.63) is 40.3 Å². The largest absolute Gasteiger partial charge is 0.465 e. The molecule has 6 nitrogen and oxygen atoms in total. The van der Waals surface area contributed by atoms with Gasteiger partial charge < -0.3 is 15.0 Å². The molecule has 2 aliphatic rings. The summed E-state index contributed by atoms with van der Waals surface area (Å²) in [5, 5.41) is 14.3. The first-order valence-electron chi connectivity index (χ1n) is 11.3. The van der Waals surface area contributed by atoms with Crippen molar-refractivity contribution in [1.82, 2.24) is 4.90 Å². The number of hydrogen-bond acceptors (Lipinski definition) is 6. The predicted molar refractivity (Wildman–Crippen MR) is 126 cm³/mol. The second-order valence-corrected chi connectivity index (χ2v) is 9.45. The van der Waals surface area contributed by atoms with Crippen LogP contribution in [0.4, 0.5) is 5.00 Å². The molecule has 1 aliphatic carbocycles. The zero-order valence-electron chi connectivity index (χ0n) is 18.5. The van der Waals surface area contributed by atoms with Crippen LogP contribution in [0.5, 0.6) is 0 Å². The molecule has 1 unspecified atom stereocenters. The Balaban J connectivity index is 1.56. The Morgan fingerprint density at radius 2 is 2.06 bits per heavy atom. The number of ether oxygens (including phenoxy) is 1. The fraction of sp³-hybridized carbons (Fsp3) is 0.480. The van der Waals surface area contributed by atoms with Gasteiger partial charge in [-0.25, -0.2) is 4.79 Å². The third-order valence-electron chi connectivity index (χ3n) is 6.49. The van der Waals surface area contributed by atoms with Crippen LogP contribution in [-0.2, 0) is 22.4 Å². The Morgan fingerprint density at radius 3 is 2.84 bits per heavy atom. The van der Waals surface area contributed by atoms with E-state index < -0.39 is 5.97 Å². The van der Waals surface area contributed by atoms with Gasteiger partial charge in [-0.1, -0.05) is 18.2 Å². The number of amides is 1. The number of nitrogens with zero attached hydrogens (tertiary/aromatic N) is 2. The summed E-state index contributed by atoms with van der Waals surface area (Å²) in [6.07, 6.45) is 6.80. The molecule has 1 amide bonds. The molecule has 0 bridgehead atoms. The Kier molecular flexibility index (Phi) is 7.23. The highest BCUT2D eigenvalue weighted by Gasteiger charge is 2.28. The number of piperidine rings is 1. The predicted octanol–water partition coefficient (Wildman–Crippen LogP) is 4.64. The number of aryl methyl sites for hydroxylation is 2. The van der Waals surface area contributed by atoms with Crippen LogP contribution < -0.4 is 5.32 Å². The van der Waals surface area contributed by atoms with Gasteiger partial charge in [-0.15, -0.1) is 11.3 Å². The molecule has 4 rings (SSSR count). The maximum absolute atomic E-state index is 13.0. The van der Waals surface area contributed by atoms with E-state index in [1.807, 2.05) is 5.38 Å². The standard InChI is InChI=1S/C25H29N3O3S/c1-31-25(30)22-21(19-10-9-17-6-2-3-7-18(17)14-19)16-32-24(22)27-23(29)20-8-4-12-28(15-20)13-5-11-26/h9-10,14,16,20H,2-8,12-13,15H2,1H3,(H,27,29). The van der Waals surface area contributed by atoms with Crippen LogP contribution in [0.15, 0.2) is 23.6 Å². The number of carbonyl (C=O) groups excluding carboxylic acids is 2. The summed E-state index contributed by atoms with van der Waals surface area (Å²) in [5.41, 5.74) is 4.97. The maximum atomic E-state index is 13.0. The van der Waals surface area contributed by atoms with E-state index in [2.05, 4.69) is 34.5 Å². The molecule has 0 spiro atoms. The number of hydrogen-bond donors (Lipinski definition) is 1. The van der Waals surface area contributed by atoms with E-state index in [4.69, 9.17) is 10.00 Å². The third-order valence-corrected chi connectivity index (χ3v) is 7.39. The summed E-state index contributed by atoms with van der Waals surface area (Å²) in [6.45, 7) is 2.25. The van der Waals surface area contributed by atoms with Gasteiger partial charge in [-0.2, -0.15) is 5.26 Å². The summed E-state index contributed by atoms with van der Waals surface area (Å²) < 4.78 is 5.08. The van der Waals surface area contributed by atoms with Crippen molar-refractivity contribution >= 4 is 28.2 Å². The minimum atomic E-state index is -0.437. The van der Waals surface area contributed by atoms with E-state index in [0.29, 0.717) is 30.1 Å². The van der Waals surface area contributed by atoms with Crippen molar-refractivity contribution in [1.29, 1.82) is 5.26 Å². The fourth-order valence-corrected chi connectivity index (χ4v) is 5.72. The lowest BCUT2D eigenvalue weighted by Crippen LogP contribution is -2.41. The number of anilines is 1. The molecule has 32 heavy (non-hydrogen) atoms. The number of methoxy groups -OCH3 is 1. The average molecular weight is 452 g/mol. The number of nitriles is 1. The van der Waals surface area contributed by atoms with Crippen molar-refractivity contribution in [2.75, 3.05) is 32.1 Å². The topological polar surface area (TPSA) is 82.4 Å². The van der Waals surface area contributed by atoms with Gasteiger partial charge in [0.05, 0.1) is 19.1 Å². The molecule has 1 aromatic carbocycles. The minimum Gasteiger partial charge on any atom is -0.465 e. The number of likely N-dealkylation sites (tertiary alicyclic amines) is 1.